The first-order chi connectivity index (χ1) is 14.5. The van der Waals surface area contributed by atoms with Crippen LogP contribution in [0.1, 0.15) is 12.5 Å². The average Bonchev–Trinajstić information content (AvgIpc) is 3.36. The smallest absolute Gasteiger partial charge is 0.250 e. The first kappa shape index (κ1) is 20.8. The second-order valence-corrected chi connectivity index (χ2v) is 8.60. The number of methoxy groups -OCH3 is 1. The first-order valence-corrected chi connectivity index (χ1v) is 10.9. The molecule has 1 aromatic heterocycles. The maximum atomic E-state index is 12.4. The highest BCUT2D eigenvalue weighted by Gasteiger charge is 2.17. The minimum absolute atomic E-state index is 0.226. The Bertz CT molecular complexity index is 1200. The summed E-state index contributed by atoms with van der Waals surface area (Å²) in [5, 5.41) is 5.42. The second kappa shape index (κ2) is 8.76. The Morgan fingerprint density at radius 1 is 1.27 bits per heavy atom. The maximum absolute atomic E-state index is 12.4. The summed E-state index contributed by atoms with van der Waals surface area (Å²) >= 11 is 14.0. The lowest BCUT2D eigenvalue weighted by Crippen LogP contribution is -2.25. The topological polar surface area (TPSA) is 63.8 Å². The number of carbonyl (C=O) groups is 1. The van der Waals surface area contributed by atoms with Gasteiger partial charge in [-0.3, -0.25) is 9.79 Å². The van der Waals surface area contributed by atoms with Crippen molar-refractivity contribution in [1.82, 2.24) is 5.32 Å². The Morgan fingerprint density at radius 3 is 2.80 bits per heavy atom. The predicted octanol–water partition coefficient (Wildman–Crippen LogP) is 6.04. The van der Waals surface area contributed by atoms with Crippen LogP contribution in [0.5, 0.6) is 5.75 Å². The second-order valence-electron chi connectivity index (χ2n) is 6.67. The van der Waals surface area contributed by atoms with Crippen LogP contribution in [0.25, 0.3) is 27.7 Å². The van der Waals surface area contributed by atoms with Crippen LogP contribution in [-0.2, 0) is 4.79 Å². The summed E-state index contributed by atoms with van der Waals surface area (Å²) in [5.74, 6) is 1.27. The van der Waals surface area contributed by atoms with Gasteiger partial charge < -0.3 is 14.5 Å². The van der Waals surface area contributed by atoms with Crippen molar-refractivity contribution in [2.75, 3.05) is 19.4 Å². The van der Waals surface area contributed by atoms with E-state index in [0.29, 0.717) is 26.5 Å². The lowest BCUT2D eigenvalue weighted by molar-refractivity contribution is -0.115. The van der Waals surface area contributed by atoms with Crippen molar-refractivity contribution >= 4 is 62.6 Å². The molecule has 0 atom stereocenters. The zero-order chi connectivity index (χ0) is 21.3. The molecule has 2 heterocycles. The fraction of sp³-hybridized carbons (Fsp3) is 0.182. The van der Waals surface area contributed by atoms with Crippen LogP contribution >= 0.6 is 35.0 Å². The third kappa shape index (κ3) is 4.21. The van der Waals surface area contributed by atoms with Gasteiger partial charge in [-0.2, -0.15) is 0 Å². The van der Waals surface area contributed by atoms with Crippen LogP contribution in [0.4, 0.5) is 0 Å². The third-order valence-corrected chi connectivity index (χ3v) is 6.14. The fourth-order valence-corrected chi connectivity index (χ4v) is 4.52. The molecular formula is C22H18Cl2N2O3S. The molecule has 4 rings (SSSR count). The van der Waals surface area contributed by atoms with Crippen LogP contribution in [0, 0.1) is 0 Å². The number of carbonyl (C=O) groups excluding carboxylic acids is 1. The molecule has 1 aliphatic rings. The van der Waals surface area contributed by atoms with Gasteiger partial charge in [0.15, 0.2) is 5.17 Å². The van der Waals surface area contributed by atoms with Crippen LogP contribution in [0.2, 0.25) is 10.0 Å². The van der Waals surface area contributed by atoms with Crippen LogP contribution in [0.15, 0.2) is 52.1 Å². The highest BCUT2D eigenvalue weighted by molar-refractivity contribution is 8.14. The van der Waals surface area contributed by atoms with E-state index in [1.54, 1.807) is 31.6 Å². The summed E-state index contributed by atoms with van der Waals surface area (Å²) < 4.78 is 11.3. The number of thioether (sulfide) groups is 1. The van der Waals surface area contributed by atoms with Crippen molar-refractivity contribution in [2.45, 2.75) is 6.92 Å². The number of nitrogens with one attached hydrogen (secondary N) is 1. The van der Waals surface area contributed by atoms with Gasteiger partial charge in [0.2, 0.25) is 5.91 Å². The van der Waals surface area contributed by atoms with Gasteiger partial charge in [0.25, 0.3) is 0 Å². The minimum atomic E-state index is -0.226. The van der Waals surface area contributed by atoms with Crippen molar-refractivity contribution in [2.24, 2.45) is 4.99 Å². The molecule has 0 aliphatic carbocycles. The number of hydrogen-bond acceptors (Lipinski definition) is 5. The van der Waals surface area contributed by atoms with E-state index in [2.05, 4.69) is 10.3 Å². The van der Waals surface area contributed by atoms with Crippen molar-refractivity contribution in [3.8, 4) is 16.9 Å². The van der Waals surface area contributed by atoms with E-state index in [1.165, 1.54) is 11.8 Å². The number of aliphatic imine (C=N–C) groups is 1. The molecule has 0 saturated heterocycles. The quantitative estimate of drug-likeness (QED) is 0.482. The normalized spacial score (nSPS) is 14.1. The number of hydrogen-bond donors (Lipinski definition) is 1. The lowest BCUT2D eigenvalue weighted by atomic mass is 9.99. The van der Waals surface area contributed by atoms with Gasteiger partial charge in [-0.1, -0.05) is 41.0 Å². The number of furan rings is 1. The number of ether oxygens (including phenoxy) is 1. The van der Waals surface area contributed by atoms with E-state index in [-0.39, 0.29) is 5.91 Å². The standard InChI is InChI=1S/C22H18Cl2N2O3S/c1-12(7-21(27)26-22-25-5-6-30-22)15-9-16-17(11-29-20(16)10-19(15)28-2)14-4-3-13(23)8-18(14)24/h3-4,7-11H,5-6H2,1-2H3,(H,25,26,27)/b12-7+. The number of nitrogens with zero attached hydrogens (tertiary/aromatic N) is 1. The SMILES string of the molecule is COc1cc2occ(-c3ccc(Cl)cc3Cl)c2cc1/C(C)=C/C(=O)NC1=NCCS1. The van der Waals surface area contributed by atoms with E-state index in [9.17, 15) is 4.79 Å². The zero-order valence-corrected chi connectivity index (χ0v) is 18.6. The Kier molecular flexibility index (Phi) is 6.09. The van der Waals surface area contributed by atoms with Gasteiger partial charge >= 0.3 is 0 Å². The third-order valence-electron chi connectivity index (χ3n) is 4.70. The molecule has 5 nitrogen and oxygen atoms in total. The summed E-state index contributed by atoms with van der Waals surface area (Å²) in [4.78, 5) is 16.6. The molecule has 154 valence electrons. The van der Waals surface area contributed by atoms with E-state index in [4.69, 9.17) is 32.4 Å². The molecule has 1 amide bonds. The van der Waals surface area contributed by atoms with Crippen LogP contribution < -0.4 is 10.1 Å². The maximum Gasteiger partial charge on any atom is 0.250 e. The van der Waals surface area contributed by atoms with Crippen molar-refractivity contribution in [3.63, 3.8) is 0 Å². The average molecular weight is 461 g/mol. The van der Waals surface area contributed by atoms with Gasteiger partial charge in [-0.15, -0.1) is 0 Å². The molecule has 3 aromatic rings. The van der Waals surface area contributed by atoms with Gasteiger partial charge in [0, 0.05) is 45.0 Å². The molecule has 0 radical (unpaired) electrons. The summed E-state index contributed by atoms with van der Waals surface area (Å²) in [7, 11) is 1.59. The zero-order valence-electron chi connectivity index (χ0n) is 16.3. The fourth-order valence-electron chi connectivity index (χ4n) is 3.28. The number of benzene rings is 2. The minimum Gasteiger partial charge on any atom is -0.496 e. The van der Waals surface area contributed by atoms with Crippen LogP contribution in [0.3, 0.4) is 0 Å². The number of allylic oxidation sites excluding steroid dienone is 1. The molecule has 0 bridgehead atoms. The summed E-state index contributed by atoms with van der Waals surface area (Å²) in [6, 6.07) is 9.09. The number of amidine groups is 1. The lowest BCUT2D eigenvalue weighted by Gasteiger charge is -2.10. The van der Waals surface area contributed by atoms with E-state index in [1.807, 2.05) is 25.1 Å². The Labute approximate surface area is 188 Å². The molecule has 1 aliphatic heterocycles. The molecule has 0 saturated carbocycles. The van der Waals surface area contributed by atoms with Crippen molar-refractivity contribution < 1.29 is 13.9 Å². The van der Waals surface area contributed by atoms with Gasteiger partial charge in [-0.05, 0) is 30.7 Å². The Balaban J connectivity index is 1.75. The molecule has 8 heteroatoms. The highest BCUT2D eigenvalue weighted by atomic mass is 35.5. The van der Waals surface area contributed by atoms with E-state index >= 15 is 0 Å². The predicted molar refractivity (Wildman–Crippen MR) is 125 cm³/mol. The molecule has 0 spiro atoms. The monoisotopic (exact) mass is 460 g/mol. The van der Waals surface area contributed by atoms with E-state index in [0.717, 1.165) is 39.9 Å². The molecule has 1 N–H and O–H groups in total. The first-order valence-electron chi connectivity index (χ1n) is 9.18. The van der Waals surface area contributed by atoms with Gasteiger partial charge in [-0.25, -0.2) is 0 Å². The molecular weight excluding hydrogens is 443 g/mol. The van der Waals surface area contributed by atoms with Crippen molar-refractivity contribution in [1.29, 1.82) is 0 Å². The number of amides is 1. The number of halogens is 2. The summed E-state index contributed by atoms with van der Waals surface area (Å²) in [5.41, 5.74) is 3.85. The van der Waals surface area contributed by atoms with Gasteiger partial charge in [0.1, 0.15) is 11.3 Å². The van der Waals surface area contributed by atoms with Crippen LogP contribution in [-0.4, -0.2) is 30.5 Å². The van der Waals surface area contributed by atoms with Gasteiger partial charge in [0.05, 0.1) is 24.9 Å². The molecule has 2 aromatic carbocycles. The van der Waals surface area contributed by atoms with Crippen molar-refractivity contribution in [3.05, 3.63) is 58.3 Å². The van der Waals surface area contributed by atoms with E-state index < -0.39 is 0 Å². The highest BCUT2D eigenvalue weighted by Crippen LogP contribution is 2.40. The molecule has 0 unspecified atom stereocenters. The number of rotatable bonds is 4. The molecule has 0 fully saturated rings. The summed E-state index contributed by atoms with van der Waals surface area (Å²) in [6.07, 6.45) is 3.20. The Hall–Kier alpha value is -2.41. The Morgan fingerprint density at radius 2 is 2.10 bits per heavy atom. The summed E-state index contributed by atoms with van der Waals surface area (Å²) in [6.45, 7) is 2.59. The largest absolute Gasteiger partial charge is 0.496 e. The molecule has 30 heavy (non-hydrogen) atoms. The number of fused-ring (bicyclic) bond motifs is 1.